The largest absolute Gasteiger partial charge is 0.411 e. The summed E-state index contributed by atoms with van der Waals surface area (Å²) in [4.78, 5) is 4.12. The summed E-state index contributed by atoms with van der Waals surface area (Å²) in [7, 11) is 0. The van der Waals surface area contributed by atoms with Crippen LogP contribution < -0.4 is 0 Å². The number of hydrogen-bond donors (Lipinski definition) is 1. The molecule has 1 aliphatic rings. The first-order valence-electron chi connectivity index (χ1n) is 5.23. The molecular weight excluding hydrogens is 200 g/mol. The average molecular weight is 212 g/mol. The van der Waals surface area contributed by atoms with Crippen LogP contribution in [0.4, 0.5) is 0 Å². The van der Waals surface area contributed by atoms with Crippen LogP contribution in [0.25, 0.3) is 0 Å². The van der Waals surface area contributed by atoms with E-state index in [-0.39, 0.29) is 0 Å². The standard InChI is InChI=1S/C13H12N2O/c16-15-13-6-3-4-11(10-13)7-8-12-5-1-2-9-14-12/h1-2,5,9-10,16H,3-4,6H2/b15-13-. The SMILES string of the molecule is O/N=C1\C=C(C#Cc2ccccn2)CCC1. The maximum atomic E-state index is 8.68. The molecule has 0 aliphatic heterocycles. The molecule has 1 aromatic heterocycles. The Morgan fingerprint density at radius 1 is 1.25 bits per heavy atom. The summed E-state index contributed by atoms with van der Waals surface area (Å²) in [6.07, 6.45) is 6.32. The van der Waals surface area contributed by atoms with Gasteiger partial charge in [0.1, 0.15) is 5.69 Å². The second-order valence-electron chi connectivity index (χ2n) is 3.58. The lowest BCUT2D eigenvalue weighted by atomic mass is 9.98. The van der Waals surface area contributed by atoms with E-state index in [2.05, 4.69) is 22.0 Å². The van der Waals surface area contributed by atoms with Gasteiger partial charge in [0, 0.05) is 11.8 Å². The average Bonchev–Trinajstić information content (AvgIpc) is 2.38. The Hall–Kier alpha value is -2.08. The summed E-state index contributed by atoms with van der Waals surface area (Å²) in [5, 5.41) is 11.9. The zero-order chi connectivity index (χ0) is 11.2. The van der Waals surface area contributed by atoms with Gasteiger partial charge in [-0.1, -0.05) is 17.1 Å². The first kappa shape index (κ1) is 10.4. The number of nitrogens with zero attached hydrogens (tertiary/aromatic N) is 2. The van der Waals surface area contributed by atoms with E-state index in [9.17, 15) is 0 Å². The fraction of sp³-hybridized carbons (Fsp3) is 0.231. The van der Waals surface area contributed by atoms with Crippen molar-refractivity contribution in [3.63, 3.8) is 0 Å². The van der Waals surface area contributed by atoms with Gasteiger partial charge in [0.15, 0.2) is 0 Å². The smallest absolute Gasteiger partial charge is 0.113 e. The Labute approximate surface area is 94.5 Å². The van der Waals surface area contributed by atoms with Crippen molar-refractivity contribution in [3.8, 4) is 11.8 Å². The van der Waals surface area contributed by atoms with Crippen LogP contribution in [0.3, 0.4) is 0 Å². The van der Waals surface area contributed by atoms with Gasteiger partial charge in [0.25, 0.3) is 0 Å². The van der Waals surface area contributed by atoms with E-state index >= 15 is 0 Å². The number of oxime groups is 1. The zero-order valence-corrected chi connectivity index (χ0v) is 8.85. The van der Waals surface area contributed by atoms with E-state index in [4.69, 9.17) is 5.21 Å². The Kier molecular flexibility index (Phi) is 3.35. The quantitative estimate of drug-likeness (QED) is 0.407. The third kappa shape index (κ3) is 2.71. The summed E-state index contributed by atoms with van der Waals surface area (Å²) in [5.74, 6) is 6.05. The van der Waals surface area contributed by atoms with Gasteiger partial charge < -0.3 is 5.21 Å². The van der Waals surface area contributed by atoms with Crippen molar-refractivity contribution in [2.45, 2.75) is 19.3 Å². The van der Waals surface area contributed by atoms with Crippen LogP contribution in [0.15, 0.2) is 41.2 Å². The highest BCUT2D eigenvalue weighted by molar-refractivity contribution is 5.96. The van der Waals surface area contributed by atoms with Gasteiger partial charge >= 0.3 is 0 Å². The summed E-state index contributed by atoms with van der Waals surface area (Å²) < 4.78 is 0. The lowest BCUT2D eigenvalue weighted by Gasteiger charge is -2.07. The van der Waals surface area contributed by atoms with Gasteiger partial charge in [-0.3, -0.25) is 0 Å². The van der Waals surface area contributed by atoms with Crippen LogP contribution in [-0.2, 0) is 0 Å². The van der Waals surface area contributed by atoms with Gasteiger partial charge in [-0.15, -0.1) is 0 Å². The molecule has 0 aromatic carbocycles. The Morgan fingerprint density at radius 3 is 2.94 bits per heavy atom. The fourth-order valence-corrected chi connectivity index (χ4v) is 1.56. The van der Waals surface area contributed by atoms with Gasteiger partial charge in [-0.25, -0.2) is 4.98 Å². The molecule has 3 heteroatoms. The number of hydrogen-bond acceptors (Lipinski definition) is 3. The van der Waals surface area contributed by atoms with Crippen molar-refractivity contribution in [1.29, 1.82) is 0 Å². The molecule has 1 aromatic rings. The Balaban J connectivity index is 2.16. The third-order valence-electron chi connectivity index (χ3n) is 2.36. The second-order valence-corrected chi connectivity index (χ2v) is 3.58. The minimum absolute atomic E-state index is 0.705. The molecule has 3 nitrogen and oxygen atoms in total. The molecule has 1 heterocycles. The predicted octanol–water partition coefficient (Wildman–Crippen LogP) is 2.37. The van der Waals surface area contributed by atoms with Crippen molar-refractivity contribution in [2.24, 2.45) is 5.16 Å². The molecule has 0 unspecified atom stereocenters. The molecule has 0 atom stereocenters. The molecule has 0 amide bonds. The molecule has 1 N–H and O–H groups in total. The zero-order valence-electron chi connectivity index (χ0n) is 8.85. The van der Waals surface area contributed by atoms with Crippen LogP contribution in [0, 0.1) is 11.8 Å². The molecule has 16 heavy (non-hydrogen) atoms. The van der Waals surface area contributed by atoms with E-state index in [0.717, 1.165) is 30.5 Å². The van der Waals surface area contributed by atoms with Crippen molar-refractivity contribution < 1.29 is 5.21 Å². The normalized spacial score (nSPS) is 17.5. The lowest BCUT2D eigenvalue weighted by molar-refractivity contribution is 0.318. The van der Waals surface area contributed by atoms with Crippen molar-refractivity contribution in [2.75, 3.05) is 0 Å². The van der Waals surface area contributed by atoms with Crippen molar-refractivity contribution >= 4 is 5.71 Å². The van der Waals surface area contributed by atoms with Crippen molar-refractivity contribution in [3.05, 3.63) is 41.7 Å². The van der Waals surface area contributed by atoms with E-state index in [1.165, 1.54) is 0 Å². The molecule has 0 bridgehead atoms. The Morgan fingerprint density at radius 2 is 2.19 bits per heavy atom. The van der Waals surface area contributed by atoms with Crippen LogP contribution >= 0.6 is 0 Å². The minimum atomic E-state index is 0.705. The Bertz CT molecular complexity index is 478. The van der Waals surface area contributed by atoms with Crippen LogP contribution in [-0.4, -0.2) is 15.9 Å². The topological polar surface area (TPSA) is 45.5 Å². The molecule has 0 saturated carbocycles. The highest BCUT2D eigenvalue weighted by Crippen LogP contribution is 2.15. The minimum Gasteiger partial charge on any atom is -0.411 e. The molecule has 0 fully saturated rings. The van der Waals surface area contributed by atoms with E-state index in [0.29, 0.717) is 5.71 Å². The molecule has 0 radical (unpaired) electrons. The molecule has 1 aliphatic carbocycles. The molecule has 2 rings (SSSR count). The highest BCUT2D eigenvalue weighted by atomic mass is 16.4. The summed E-state index contributed by atoms with van der Waals surface area (Å²) in [5.41, 5.74) is 2.47. The predicted molar refractivity (Wildman–Crippen MR) is 62.3 cm³/mol. The van der Waals surface area contributed by atoms with Crippen LogP contribution in [0.2, 0.25) is 0 Å². The van der Waals surface area contributed by atoms with Crippen LogP contribution in [0.5, 0.6) is 0 Å². The highest BCUT2D eigenvalue weighted by Gasteiger charge is 2.06. The lowest BCUT2D eigenvalue weighted by Crippen LogP contribution is -2.02. The van der Waals surface area contributed by atoms with E-state index in [1.807, 2.05) is 24.3 Å². The summed E-state index contributed by atoms with van der Waals surface area (Å²) in [6, 6.07) is 5.64. The summed E-state index contributed by atoms with van der Waals surface area (Å²) >= 11 is 0. The van der Waals surface area contributed by atoms with Crippen molar-refractivity contribution in [1.82, 2.24) is 4.98 Å². The third-order valence-corrected chi connectivity index (χ3v) is 2.36. The van der Waals surface area contributed by atoms with E-state index in [1.54, 1.807) is 6.20 Å². The van der Waals surface area contributed by atoms with Gasteiger partial charge in [0.2, 0.25) is 0 Å². The fourth-order valence-electron chi connectivity index (χ4n) is 1.56. The van der Waals surface area contributed by atoms with Gasteiger partial charge in [-0.05, 0) is 43.4 Å². The van der Waals surface area contributed by atoms with Crippen LogP contribution in [0.1, 0.15) is 25.0 Å². The summed E-state index contributed by atoms with van der Waals surface area (Å²) in [6.45, 7) is 0. The first-order valence-corrected chi connectivity index (χ1v) is 5.23. The number of aromatic nitrogens is 1. The maximum Gasteiger partial charge on any atom is 0.113 e. The van der Waals surface area contributed by atoms with Gasteiger partial charge in [-0.2, -0.15) is 0 Å². The second kappa shape index (κ2) is 5.13. The van der Waals surface area contributed by atoms with Gasteiger partial charge in [0.05, 0.1) is 5.71 Å². The number of rotatable bonds is 0. The molecule has 80 valence electrons. The maximum absolute atomic E-state index is 8.68. The van der Waals surface area contributed by atoms with E-state index < -0.39 is 0 Å². The molecular formula is C13H12N2O. The number of pyridine rings is 1. The molecule has 0 saturated heterocycles. The number of allylic oxidation sites excluding steroid dienone is 2. The first-order chi connectivity index (χ1) is 7.88. The monoisotopic (exact) mass is 212 g/mol. The molecule has 0 spiro atoms.